The van der Waals surface area contributed by atoms with Crippen LogP contribution in [-0.2, 0) is 11.8 Å². The van der Waals surface area contributed by atoms with Crippen LogP contribution in [0, 0.1) is 4.77 Å². The summed E-state index contributed by atoms with van der Waals surface area (Å²) < 4.78 is 6.84. The van der Waals surface area contributed by atoms with Gasteiger partial charge in [-0.25, -0.2) is 5.01 Å². The first-order chi connectivity index (χ1) is 12.8. The number of amides is 1. The quantitative estimate of drug-likeness (QED) is 0.783. The Morgan fingerprint density at radius 1 is 1.41 bits per heavy atom. The summed E-state index contributed by atoms with van der Waals surface area (Å²) in [7, 11) is 1.54. The molecular weight excluding hydrogens is 368 g/mol. The lowest BCUT2D eigenvalue weighted by molar-refractivity contribution is -0.130. The largest absolute Gasteiger partial charge is 0.494 e. The second-order valence-electron chi connectivity index (χ2n) is 6.15. The molecule has 1 aromatic heterocycles. The fourth-order valence-corrected chi connectivity index (χ4v) is 3.21. The number of H-pyrrole nitrogens is 1. The van der Waals surface area contributed by atoms with E-state index in [0.717, 1.165) is 11.3 Å². The highest BCUT2D eigenvalue weighted by molar-refractivity contribution is 7.71. The molecule has 1 amide bonds. The number of aromatic hydroxyl groups is 1. The van der Waals surface area contributed by atoms with Gasteiger partial charge in [-0.2, -0.15) is 5.10 Å². The second-order valence-corrected chi connectivity index (χ2v) is 6.54. The minimum atomic E-state index is -0.537. The fraction of sp³-hybridized carbons (Fsp3) is 0.333. The zero-order chi connectivity index (χ0) is 19.7. The zero-order valence-electron chi connectivity index (χ0n) is 15.2. The zero-order valence-corrected chi connectivity index (χ0v) is 16.0. The summed E-state index contributed by atoms with van der Waals surface area (Å²) in [4.78, 5) is 26.9. The van der Waals surface area contributed by atoms with Crippen LogP contribution in [0.1, 0.15) is 37.4 Å². The molecule has 0 aliphatic carbocycles. The molecule has 2 aromatic rings. The molecule has 3 rings (SSSR count). The van der Waals surface area contributed by atoms with E-state index in [4.69, 9.17) is 17.0 Å². The van der Waals surface area contributed by atoms with Gasteiger partial charge in [-0.1, -0.05) is 12.1 Å². The number of nitrogens with zero attached hydrogens (tertiary/aromatic N) is 3. The number of hydrogen-bond donors (Lipinski definition) is 2. The van der Waals surface area contributed by atoms with Gasteiger partial charge in [0.05, 0.1) is 18.4 Å². The first-order valence-electron chi connectivity index (χ1n) is 8.46. The predicted molar refractivity (Wildman–Crippen MR) is 103 cm³/mol. The smallest absolute Gasteiger partial charge is 0.264 e. The number of nitrogens with one attached hydrogen (secondary N) is 1. The number of aromatic nitrogens is 2. The standard InChI is InChI=1S/C18H20N4O4S/c1-4-26-12-7-5-11(6-8-12)14-9-13(20-22(14)10(2)23)15-16(24)19-18(27)21(3)17(15)25/h5-8,14,25H,4,9H2,1-3H3,(H,19,24,27)/t14-/m1/s1. The Balaban J connectivity index is 2.01. The second kappa shape index (κ2) is 7.36. The molecule has 0 bridgehead atoms. The van der Waals surface area contributed by atoms with E-state index >= 15 is 0 Å². The summed E-state index contributed by atoms with van der Waals surface area (Å²) in [5, 5.41) is 16.0. The van der Waals surface area contributed by atoms with Crippen molar-refractivity contribution in [2.75, 3.05) is 6.61 Å². The molecule has 2 N–H and O–H groups in total. The average molecular weight is 388 g/mol. The van der Waals surface area contributed by atoms with Crippen molar-refractivity contribution in [3.8, 4) is 11.6 Å². The maximum atomic E-state index is 12.3. The van der Waals surface area contributed by atoms with E-state index in [9.17, 15) is 14.7 Å². The van der Waals surface area contributed by atoms with E-state index in [0.29, 0.717) is 18.7 Å². The number of carbonyl (C=O) groups excluding carboxylic acids is 1. The van der Waals surface area contributed by atoms with Gasteiger partial charge >= 0.3 is 0 Å². The highest BCUT2D eigenvalue weighted by atomic mass is 32.1. The minimum absolute atomic E-state index is 0.0192. The van der Waals surface area contributed by atoms with Crippen LogP contribution in [0.25, 0.3) is 0 Å². The summed E-state index contributed by atoms with van der Waals surface area (Å²) in [5.74, 6) is 0.194. The Labute approximate surface area is 160 Å². The monoisotopic (exact) mass is 388 g/mol. The van der Waals surface area contributed by atoms with Gasteiger partial charge in [-0.05, 0) is 36.8 Å². The molecule has 0 saturated heterocycles. The third-order valence-corrected chi connectivity index (χ3v) is 4.77. The van der Waals surface area contributed by atoms with Gasteiger partial charge in [-0.15, -0.1) is 0 Å². The summed E-state index contributed by atoms with van der Waals surface area (Å²) >= 11 is 4.99. The molecule has 8 nitrogen and oxygen atoms in total. The lowest BCUT2D eigenvalue weighted by Crippen LogP contribution is -2.24. The van der Waals surface area contributed by atoms with Crippen LogP contribution in [0.2, 0.25) is 0 Å². The molecule has 27 heavy (non-hydrogen) atoms. The van der Waals surface area contributed by atoms with Crippen molar-refractivity contribution in [2.24, 2.45) is 12.1 Å². The van der Waals surface area contributed by atoms with Gasteiger partial charge in [0, 0.05) is 20.4 Å². The molecule has 2 heterocycles. The molecule has 0 radical (unpaired) electrons. The lowest BCUT2D eigenvalue weighted by atomic mass is 9.99. The number of hydrazone groups is 1. The van der Waals surface area contributed by atoms with Crippen LogP contribution >= 0.6 is 12.2 Å². The van der Waals surface area contributed by atoms with Crippen LogP contribution in [0.3, 0.4) is 0 Å². The Morgan fingerprint density at radius 3 is 2.67 bits per heavy atom. The van der Waals surface area contributed by atoms with E-state index < -0.39 is 5.56 Å². The van der Waals surface area contributed by atoms with Gasteiger partial charge in [-0.3, -0.25) is 19.1 Å². The van der Waals surface area contributed by atoms with Crippen LogP contribution in [-0.4, -0.2) is 37.9 Å². The number of ether oxygens (including phenoxy) is 1. The third kappa shape index (κ3) is 3.50. The average Bonchev–Trinajstić information content (AvgIpc) is 3.06. The maximum absolute atomic E-state index is 12.3. The summed E-state index contributed by atoms with van der Waals surface area (Å²) in [6.07, 6.45) is 0.293. The lowest BCUT2D eigenvalue weighted by Gasteiger charge is -2.20. The highest BCUT2D eigenvalue weighted by Crippen LogP contribution is 2.34. The summed E-state index contributed by atoms with van der Waals surface area (Å²) in [6.45, 7) is 3.87. The topological polar surface area (TPSA) is 99.9 Å². The Morgan fingerprint density at radius 2 is 2.07 bits per heavy atom. The number of carbonyl (C=O) groups is 1. The van der Waals surface area contributed by atoms with Gasteiger partial charge in [0.2, 0.25) is 11.8 Å². The van der Waals surface area contributed by atoms with Gasteiger partial charge in [0.15, 0.2) is 4.77 Å². The maximum Gasteiger partial charge on any atom is 0.264 e. The van der Waals surface area contributed by atoms with Crippen LogP contribution < -0.4 is 10.3 Å². The Hall–Kier alpha value is -2.94. The first kappa shape index (κ1) is 18.8. The normalized spacial score (nSPS) is 16.3. The first-order valence-corrected chi connectivity index (χ1v) is 8.87. The highest BCUT2D eigenvalue weighted by Gasteiger charge is 2.34. The molecule has 1 atom stereocenters. The van der Waals surface area contributed by atoms with Crippen molar-refractivity contribution in [1.29, 1.82) is 0 Å². The minimum Gasteiger partial charge on any atom is -0.494 e. The van der Waals surface area contributed by atoms with Crippen molar-refractivity contribution in [1.82, 2.24) is 14.6 Å². The van der Waals surface area contributed by atoms with Crippen molar-refractivity contribution >= 4 is 23.8 Å². The van der Waals surface area contributed by atoms with Crippen LogP contribution in [0.5, 0.6) is 11.6 Å². The molecule has 0 saturated carbocycles. The molecule has 1 aromatic carbocycles. The fourth-order valence-electron chi connectivity index (χ4n) is 3.03. The van der Waals surface area contributed by atoms with E-state index in [-0.39, 0.29) is 28.2 Å². The van der Waals surface area contributed by atoms with Crippen molar-refractivity contribution < 1.29 is 14.6 Å². The van der Waals surface area contributed by atoms with Gasteiger partial charge in [0.25, 0.3) is 5.56 Å². The predicted octanol–water partition coefficient (Wildman–Crippen LogP) is 2.24. The summed E-state index contributed by atoms with van der Waals surface area (Å²) in [6, 6.07) is 7.00. The SMILES string of the molecule is CCOc1ccc([C@H]2CC(c3c(O)n(C)c(=S)[nH]c3=O)=NN2C(C)=O)cc1. The Bertz CT molecular complexity index is 1020. The van der Waals surface area contributed by atoms with Crippen molar-refractivity contribution in [3.63, 3.8) is 0 Å². The molecule has 1 aliphatic heterocycles. The summed E-state index contributed by atoms with van der Waals surface area (Å²) in [5.41, 5.74) is 0.664. The number of benzene rings is 1. The van der Waals surface area contributed by atoms with E-state index in [2.05, 4.69) is 10.1 Å². The molecule has 0 fully saturated rings. The number of hydrogen-bond acceptors (Lipinski definition) is 6. The van der Waals surface area contributed by atoms with Gasteiger partial charge in [0.1, 0.15) is 11.3 Å². The van der Waals surface area contributed by atoms with Gasteiger partial charge < -0.3 is 9.84 Å². The van der Waals surface area contributed by atoms with E-state index in [1.807, 2.05) is 31.2 Å². The van der Waals surface area contributed by atoms with Crippen molar-refractivity contribution in [2.45, 2.75) is 26.3 Å². The van der Waals surface area contributed by atoms with Crippen LogP contribution in [0.15, 0.2) is 34.2 Å². The molecule has 0 spiro atoms. The molecule has 142 valence electrons. The van der Waals surface area contributed by atoms with E-state index in [1.165, 1.54) is 16.5 Å². The molecule has 1 aliphatic rings. The number of aromatic amines is 1. The Kier molecular flexibility index (Phi) is 5.13. The third-order valence-electron chi connectivity index (χ3n) is 4.39. The number of rotatable bonds is 4. The van der Waals surface area contributed by atoms with E-state index in [1.54, 1.807) is 7.05 Å². The molecular formula is C18H20N4O4S. The van der Waals surface area contributed by atoms with Crippen molar-refractivity contribution in [3.05, 3.63) is 50.5 Å². The molecule has 0 unspecified atom stereocenters. The molecule has 9 heteroatoms. The van der Waals surface area contributed by atoms with Crippen LogP contribution in [0.4, 0.5) is 0 Å².